The van der Waals surface area contributed by atoms with Gasteiger partial charge < -0.3 is 10.1 Å². The van der Waals surface area contributed by atoms with Gasteiger partial charge in [0.15, 0.2) is 0 Å². The molecule has 1 aliphatic heterocycles. The third-order valence-electron chi connectivity index (χ3n) is 5.49. The van der Waals surface area contributed by atoms with E-state index in [0.29, 0.717) is 24.6 Å². The van der Waals surface area contributed by atoms with Crippen molar-refractivity contribution in [3.8, 4) is 0 Å². The van der Waals surface area contributed by atoms with Crippen molar-refractivity contribution in [3.05, 3.63) is 71.1 Å². The van der Waals surface area contributed by atoms with Crippen LogP contribution in [0.3, 0.4) is 0 Å². The van der Waals surface area contributed by atoms with Crippen molar-refractivity contribution in [1.29, 1.82) is 0 Å². The van der Waals surface area contributed by atoms with Gasteiger partial charge in [-0.05, 0) is 42.6 Å². The van der Waals surface area contributed by atoms with Crippen LogP contribution in [-0.2, 0) is 14.8 Å². The van der Waals surface area contributed by atoms with Crippen LogP contribution in [-0.4, -0.2) is 57.7 Å². The predicted octanol–water partition coefficient (Wildman–Crippen LogP) is 3.84. The summed E-state index contributed by atoms with van der Waals surface area (Å²) < 4.78 is 33.2. The molecule has 170 valence electrons. The first-order valence-electron chi connectivity index (χ1n) is 10.7. The van der Waals surface area contributed by atoms with Gasteiger partial charge in [0.1, 0.15) is 10.7 Å². The van der Waals surface area contributed by atoms with Gasteiger partial charge in [-0.25, -0.2) is 13.4 Å². The van der Waals surface area contributed by atoms with E-state index < -0.39 is 10.0 Å². The summed E-state index contributed by atoms with van der Waals surface area (Å²) >= 11 is 1.74. The van der Waals surface area contributed by atoms with Crippen molar-refractivity contribution in [1.82, 2.24) is 9.88 Å². The first-order chi connectivity index (χ1) is 15.6. The van der Waals surface area contributed by atoms with E-state index in [4.69, 9.17) is 4.74 Å². The van der Waals surface area contributed by atoms with Crippen LogP contribution < -0.4 is 9.62 Å². The molecule has 3 heterocycles. The minimum absolute atomic E-state index is 0.178. The molecule has 0 spiro atoms. The molecule has 2 aromatic heterocycles. The van der Waals surface area contributed by atoms with Crippen LogP contribution >= 0.6 is 11.3 Å². The normalized spacial score (nSPS) is 15.9. The summed E-state index contributed by atoms with van der Waals surface area (Å²) in [7, 11) is -3.68. The van der Waals surface area contributed by atoms with E-state index in [1.807, 2.05) is 25.1 Å². The lowest BCUT2D eigenvalue weighted by atomic mass is 10.2. The first kappa shape index (κ1) is 22.7. The van der Waals surface area contributed by atoms with Gasteiger partial charge in [0.05, 0.1) is 24.9 Å². The van der Waals surface area contributed by atoms with Gasteiger partial charge in [0, 0.05) is 37.3 Å². The Hall–Kier alpha value is -2.46. The third kappa shape index (κ3) is 5.12. The Morgan fingerprint density at radius 3 is 2.53 bits per heavy atom. The topological polar surface area (TPSA) is 74.8 Å². The zero-order valence-corrected chi connectivity index (χ0v) is 19.7. The highest BCUT2D eigenvalue weighted by Crippen LogP contribution is 2.27. The number of hydrogen-bond donors (Lipinski definition) is 1. The lowest BCUT2D eigenvalue weighted by Gasteiger charge is -2.34. The average Bonchev–Trinajstić information content (AvgIpc) is 3.36. The zero-order valence-electron chi connectivity index (χ0n) is 18.1. The number of anilines is 2. The molecule has 9 heteroatoms. The Labute approximate surface area is 193 Å². The minimum Gasteiger partial charge on any atom is -0.379 e. The van der Waals surface area contributed by atoms with Gasteiger partial charge in [-0.15, -0.1) is 11.3 Å². The molecule has 0 unspecified atom stereocenters. The number of pyridine rings is 1. The van der Waals surface area contributed by atoms with Gasteiger partial charge in [-0.3, -0.25) is 9.21 Å². The van der Waals surface area contributed by atoms with E-state index in [0.717, 1.165) is 26.3 Å². The summed E-state index contributed by atoms with van der Waals surface area (Å²) in [5.74, 6) is 0.654. The highest BCUT2D eigenvalue weighted by molar-refractivity contribution is 7.92. The van der Waals surface area contributed by atoms with Crippen molar-refractivity contribution in [3.63, 3.8) is 0 Å². The molecule has 0 aliphatic carbocycles. The van der Waals surface area contributed by atoms with E-state index in [1.165, 1.54) is 15.4 Å². The summed E-state index contributed by atoms with van der Waals surface area (Å²) in [6.07, 6.45) is 1.43. The van der Waals surface area contributed by atoms with Gasteiger partial charge in [-0.2, -0.15) is 0 Å². The Kier molecular flexibility index (Phi) is 7.41. The van der Waals surface area contributed by atoms with E-state index in [1.54, 1.807) is 35.6 Å². The number of benzene rings is 1. The number of aromatic nitrogens is 1. The molecule has 3 aromatic rings. The van der Waals surface area contributed by atoms with Gasteiger partial charge in [0.25, 0.3) is 10.0 Å². The van der Waals surface area contributed by atoms with Gasteiger partial charge >= 0.3 is 0 Å². The van der Waals surface area contributed by atoms with Crippen molar-refractivity contribution >= 4 is 32.9 Å². The SMILES string of the molecule is CCN(c1ccccc1)S(=O)(=O)c1ccc(NC[C@H](c2cccs2)N2CCOCC2)nc1. The second kappa shape index (κ2) is 10.4. The Morgan fingerprint density at radius 2 is 1.91 bits per heavy atom. The standard InChI is InChI=1S/C23H28N4O3S2/c1-2-27(19-7-4-3-5-8-19)32(28,29)20-10-11-23(24-17-20)25-18-21(22-9-6-16-31-22)26-12-14-30-15-13-26/h3-11,16-17,21H,2,12-15,18H2,1H3,(H,24,25)/t21-/m1/s1. The van der Waals surface area contributed by atoms with Crippen molar-refractivity contribution in [2.24, 2.45) is 0 Å². The van der Waals surface area contributed by atoms with Crippen molar-refractivity contribution in [2.75, 3.05) is 49.0 Å². The number of para-hydroxylation sites is 1. The molecule has 1 fully saturated rings. The maximum atomic E-state index is 13.2. The Bertz CT molecular complexity index is 1070. The molecule has 0 bridgehead atoms. The quantitative estimate of drug-likeness (QED) is 0.510. The Morgan fingerprint density at radius 1 is 1.12 bits per heavy atom. The third-order valence-corrected chi connectivity index (χ3v) is 8.35. The highest BCUT2D eigenvalue weighted by Gasteiger charge is 2.25. The molecule has 0 saturated carbocycles. The zero-order chi connectivity index (χ0) is 22.4. The smallest absolute Gasteiger partial charge is 0.265 e. The number of hydrogen-bond acceptors (Lipinski definition) is 7. The van der Waals surface area contributed by atoms with Crippen LogP contribution in [0.4, 0.5) is 11.5 Å². The minimum atomic E-state index is -3.68. The largest absolute Gasteiger partial charge is 0.379 e. The molecule has 1 aliphatic rings. The molecule has 0 radical (unpaired) electrons. The predicted molar refractivity (Wildman–Crippen MR) is 129 cm³/mol. The lowest BCUT2D eigenvalue weighted by Crippen LogP contribution is -2.41. The van der Waals surface area contributed by atoms with Crippen LogP contribution in [0.1, 0.15) is 17.8 Å². The number of morpholine rings is 1. The fourth-order valence-corrected chi connectivity index (χ4v) is 6.11. The van der Waals surface area contributed by atoms with E-state index in [-0.39, 0.29) is 10.9 Å². The highest BCUT2D eigenvalue weighted by atomic mass is 32.2. The average molecular weight is 473 g/mol. The molecule has 4 rings (SSSR count). The number of rotatable bonds is 9. The summed E-state index contributed by atoms with van der Waals surface area (Å²) in [4.78, 5) is 8.28. The fourth-order valence-electron chi connectivity index (χ4n) is 3.83. The second-order valence-electron chi connectivity index (χ2n) is 7.44. The molecule has 0 amide bonds. The van der Waals surface area contributed by atoms with Gasteiger partial charge in [0.2, 0.25) is 0 Å². The number of sulfonamides is 1. The van der Waals surface area contributed by atoms with Crippen LogP contribution in [0, 0.1) is 0 Å². The molecule has 1 aromatic carbocycles. The number of nitrogens with one attached hydrogen (secondary N) is 1. The van der Waals surface area contributed by atoms with Crippen LogP contribution in [0.15, 0.2) is 71.1 Å². The van der Waals surface area contributed by atoms with Gasteiger partial charge in [-0.1, -0.05) is 24.3 Å². The fraction of sp³-hybridized carbons (Fsp3) is 0.348. The van der Waals surface area contributed by atoms with Crippen LogP contribution in [0.5, 0.6) is 0 Å². The molecular formula is C23H28N4O3S2. The van der Waals surface area contributed by atoms with E-state index in [9.17, 15) is 8.42 Å². The van der Waals surface area contributed by atoms with Crippen molar-refractivity contribution < 1.29 is 13.2 Å². The number of nitrogens with zero attached hydrogens (tertiary/aromatic N) is 3. The summed E-state index contributed by atoms with van der Waals surface area (Å²) in [5.41, 5.74) is 0.640. The first-order valence-corrected chi connectivity index (χ1v) is 13.0. The molecule has 32 heavy (non-hydrogen) atoms. The monoisotopic (exact) mass is 472 g/mol. The number of thiophene rings is 1. The molecule has 1 saturated heterocycles. The molecular weight excluding hydrogens is 444 g/mol. The van der Waals surface area contributed by atoms with E-state index >= 15 is 0 Å². The Balaban J connectivity index is 1.47. The van der Waals surface area contributed by atoms with Crippen molar-refractivity contribution in [2.45, 2.75) is 17.9 Å². The summed E-state index contributed by atoms with van der Waals surface area (Å²) in [6.45, 7) is 6.11. The second-order valence-corrected chi connectivity index (χ2v) is 10.3. The maximum absolute atomic E-state index is 13.2. The van der Waals surface area contributed by atoms with Crippen LogP contribution in [0.25, 0.3) is 0 Å². The number of ether oxygens (including phenoxy) is 1. The maximum Gasteiger partial charge on any atom is 0.265 e. The summed E-state index contributed by atoms with van der Waals surface area (Å²) in [6, 6.07) is 16.9. The lowest BCUT2D eigenvalue weighted by molar-refractivity contribution is 0.0194. The molecule has 1 N–H and O–H groups in total. The van der Waals surface area contributed by atoms with E-state index in [2.05, 4.69) is 32.7 Å². The molecule has 1 atom stereocenters. The molecule has 7 nitrogen and oxygen atoms in total. The summed E-state index contributed by atoms with van der Waals surface area (Å²) in [5, 5.41) is 5.48. The van der Waals surface area contributed by atoms with Crippen LogP contribution in [0.2, 0.25) is 0 Å².